The van der Waals surface area contributed by atoms with Crippen molar-refractivity contribution in [1.82, 2.24) is 0 Å². The van der Waals surface area contributed by atoms with Crippen LogP contribution in [0.15, 0.2) is 36.4 Å². The number of halogens is 3. The molecule has 0 aromatic heterocycles. The molecule has 3 rings (SSSR count). The van der Waals surface area contributed by atoms with Gasteiger partial charge >= 0.3 is 15.6 Å². The van der Waals surface area contributed by atoms with Crippen LogP contribution in [0.4, 0.5) is 13.2 Å². The quantitative estimate of drug-likeness (QED) is 0.310. The van der Waals surface area contributed by atoms with Gasteiger partial charge < -0.3 is 8.92 Å². The lowest BCUT2D eigenvalue weighted by Crippen LogP contribution is -2.33. The topological polar surface area (TPSA) is 69.7 Å². The number of hydrogen-bond donors (Lipinski definition) is 0. The molecule has 0 bridgehead atoms. The van der Waals surface area contributed by atoms with Crippen LogP contribution in [0.1, 0.15) is 67.6 Å². The summed E-state index contributed by atoms with van der Waals surface area (Å²) in [5, 5.41) is 0. The minimum absolute atomic E-state index is 0.0233. The van der Waals surface area contributed by atoms with Crippen LogP contribution in [0.5, 0.6) is 11.5 Å². The van der Waals surface area contributed by atoms with Crippen LogP contribution < -0.4 is 8.92 Å². The van der Waals surface area contributed by atoms with Gasteiger partial charge in [-0.2, -0.15) is 21.6 Å². The molecule has 0 heterocycles. The van der Waals surface area contributed by atoms with Crippen molar-refractivity contribution in [2.75, 3.05) is 0 Å². The summed E-state index contributed by atoms with van der Waals surface area (Å²) in [7, 11) is -5.97. The summed E-state index contributed by atoms with van der Waals surface area (Å²) < 4.78 is 71.2. The highest BCUT2D eigenvalue weighted by atomic mass is 32.2. The number of hydrogen-bond acceptors (Lipinski definition) is 5. The van der Waals surface area contributed by atoms with Crippen LogP contribution in [0.2, 0.25) is 0 Å². The maximum Gasteiger partial charge on any atom is 0.534 e. The third kappa shape index (κ3) is 4.62. The first kappa shape index (κ1) is 24.1. The van der Waals surface area contributed by atoms with Gasteiger partial charge in [-0.3, -0.25) is 4.79 Å². The number of para-hydroxylation sites is 1. The van der Waals surface area contributed by atoms with Crippen LogP contribution >= 0.6 is 0 Å². The standard InChI is InChI=1S/C23H25F3O5S/c1-21(2)10-11-22(3,4)18-12-15(8-9-17(18)21)14-30-19-7-5-6-16(13-27)20(19)31-32(28,29)23(24,25)26/h5-9,12-13H,10-11,14H2,1-4H3. The van der Waals surface area contributed by atoms with Gasteiger partial charge in [-0.05, 0) is 52.5 Å². The Bertz CT molecular complexity index is 1130. The van der Waals surface area contributed by atoms with Gasteiger partial charge in [-0.1, -0.05) is 52.0 Å². The summed E-state index contributed by atoms with van der Waals surface area (Å²) in [6.07, 6.45) is 2.26. The van der Waals surface area contributed by atoms with Crippen molar-refractivity contribution in [3.05, 3.63) is 58.7 Å². The summed E-state index contributed by atoms with van der Waals surface area (Å²) in [4.78, 5) is 11.3. The number of rotatable bonds is 6. The molecule has 0 spiro atoms. The van der Waals surface area contributed by atoms with Crippen molar-refractivity contribution >= 4 is 16.4 Å². The van der Waals surface area contributed by atoms with Crippen molar-refractivity contribution < 1.29 is 35.3 Å². The Balaban J connectivity index is 1.92. The Hall–Kier alpha value is -2.55. The van der Waals surface area contributed by atoms with Crippen LogP contribution in [0.3, 0.4) is 0 Å². The fourth-order valence-electron chi connectivity index (χ4n) is 3.87. The fourth-order valence-corrected chi connectivity index (χ4v) is 4.36. The summed E-state index contributed by atoms with van der Waals surface area (Å²) in [5.74, 6) is -1.07. The predicted molar refractivity (Wildman–Crippen MR) is 113 cm³/mol. The number of carbonyl (C=O) groups is 1. The lowest BCUT2D eigenvalue weighted by molar-refractivity contribution is -0.0500. The second-order valence-electron chi connectivity index (χ2n) is 9.21. The SMILES string of the molecule is CC1(C)CCC(C)(C)c2cc(COc3cccc(C=O)c3OS(=O)(=O)C(F)(F)F)ccc21. The van der Waals surface area contributed by atoms with Gasteiger partial charge in [0.15, 0.2) is 17.8 Å². The van der Waals surface area contributed by atoms with Crippen molar-refractivity contribution in [3.63, 3.8) is 0 Å². The molecule has 2 aromatic rings. The molecule has 0 fully saturated rings. The number of alkyl halides is 3. The van der Waals surface area contributed by atoms with E-state index in [4.69, 9.17) is 4.74 Å². The molecule has 9 heteroatoms. The van der Waals surface area contributed by atoms with Crippen molar-refractivity contribution in [2.24, 2.45) is 0 Å². The Labute approximate surface area is 185 Å². The molecule has 0 amide bonds. The fraction of sp³-hybridized carbons (Fsp3) is 0.435. The number of aldehydes is 1. The van der Waals surface area contributed by atoms with E-state index in [1.807, 2.05) is 18.2 Å². The highest BCUT2D eigenvalue weighted by Gasteiger charge is 2.49. The molecule has 0 aliphatic heterocycles. The molecular weight excluding hydrogens is 445 g/mol. The summed E-state index contributed by atoms with van der Waals surface area (Å²) in [5.41, 5.74) is -2.87. The first-order valence-electron chi connectivity index (χ1n) is 10.0. The summed E-state index contributed by atoms with van der Waals surface area (Å²) in [6, 6.07) is 9.67. The normalized spacial score (nSPS) is 17.3. The maximum atomic E-state index is 12.8. The molecule has 2 aromatic carbocycles. The van der Waals surface area contributed by atoms with E-state index in [0.717, 1.165) is 24.5 Å². The van der Waals surface area contributed by atoms with E-state index < -0.39 is 21.4 Å². The first-order chi connectivity index (χ1) is 14.7. The molecule has 1 aliphatic rings. The van der Waals surface area contributed by atoms with Crippen LogP contribution in [-0.2, 0) is 27.6 Å². The highest BCUT2D eigenvalue weighted by Crippen LogP contribution is 2.46. The number of carbonyl (C=O) groups excluding carboxylic acids is 1. The van der Waals surface area contributed by atoms with Gasteiger partial charge in [0.25, 0.3) is 0 Å². The Morgan fingerprint density at radius 2 is 1.62 bits per heavy atom. The molecular formula is C23H25F3O5S. The molecule has 0 radical (unpaired) electrons. The average Bonchev–Trinajstić information content (AvgIpc) is 2.69. The second kappa shape index (κ2) is 8.10. The highest BCUT2D eigenvalue weighted by molar-refractivity contribution is 7.88. The number of fused-ring (bicyclic) bond motifs is 1. The van der Waals surface area contributed by atoms with E-state index >= 15 is 0 Å². The van der Waals surface area contributed by atoms with Gasteiger partial charge in [0.05, 0.1) is 5.56 Å². The zero-order chi connectivity index (χ0) is 23.9. The van der Waals surface area contributed by atoms with E-state index in [1.165, 1.54) is 23.3 Å². The lowest BCUT2D eigenvalue weighted by Gasteiger charge is -2.42. The van der Waals surface area contributed by atoms with Crippen molar-refractivity contribution in [1.29, 1.82) is 0 Å². The minimum Gasteiger partial charge on any atom is -0.485 e. The monoisotopic (exact) mass is 470 g/mol. The zero-order valence-corrected chi connectivity index (χ0v) is 19.1. The number of benzene rings is 2. The molecule has 1 aliphatic carbocycles. The van der Waals surface area contributed by atoms with E-state index in [-0.39, 0.29) is 35.0 Å². The largest absolute Gasteiger partial charge is 0.534 e. The summed E-state index contributed by atoms with van der Waals surface area (Å²) >= 11 is 0. The van der Waals surface area contributed by atoms with Gasteiger partial charge in [-0.15, -0.1) is 0 Å². The molecule has 32 heavy (non-hydrogen) atoms. The molecule has 174 valence electrons. The van der Waals surface area contributed by atoms with Crippen molar-refractivity contribution in [3.8, 4) is 11.5 Å². The summed E-state index contributed by atoms with van der Waals surface area (Å²) in [6.45, 7) is 8.65. The van der Waals surface area contributed by atoms with Gasteiger partial charge in [0.1, 0.15) is 6.61 Å². The third-order valence-electron chi connectivity index (χ3n) is 5.92. The van der Waals surface area contributed by atoms with Crippen LogP contribution in [-0.4, -0.2) is 20.2 Å². The Morgan fingerprint density at radius 3 is 2.22 bits per heavy atom. The first-order valence-corrected chi connectivity index (χ1v) is 11.4. The van der Waals surface area contributed by atoms with Crippen LogP contribution in [0, 0.1) is 0 Å². The average molecular weight is 471 g/mol. The molecule has 0 saturated carbocycles. The molecule has 5 nitrogen and oxygen atoms in total. The van der Waals surface area contributed by atoms with Gasteiger partial charge in [0, 0.05) is 0 Å². The molecule has 0 unspecified atom stereocenters. The Kier molecular flexibility index (Phi) is 6.10. The zero-order valence-electron chi connectivity index (χ0n) is 18.2. The molecule has 0 atom stereocenters. The van der Waals surface area contributed by atoms with Gasteiger partial charge in [-0.25, -0.2) is 0 Å². The predicted octanol–water partition coefficient (Wildman–Crippen LogP) is 5.66. The molecule has 0 N–H and O–H groups in total. The van der Waals surface area contributed by atoms with E-state index in [0.29, 0.717) is 0 Å². The second-order valence-corrected chi connectivity index (χ2v) is 10.7. The van der Waals surface area contributed by atoms with Gasteiger partial charge in [0.2, 0.25) is 0 Å². The Morgan fingerprint density at radius 1 is 1.00 bits per heavy atom. The molecule has 0 saturated heterocycles. The third-order valence-corrected chi connectivity index (χ3v) is 6.88. The maximum absolute atomic E-state index is 12.8. The van der Waals surface area contributed by atoms with E-state index in [9.17, 15) is 26.4 Å². The van der Waals surface area contributed by atoms with Crippen molar-refractivity contribution in [2.45, 2.75) is 63.5 Å². The smallest absolute Gasteiger partial charge is 0.485 e. The van der Waals surface area contributed by atoms with E-state index in [1.54, 1.807) is 0 Å². The van der Waals surface area contributed by atoms with Crippen LogP contribution in [0.25, 0.3) is 0 Å². The lowest BCUT2D eigenvalue weighted by atomic mass is 9.63. The number of ether oxygens (including phenoxy) is 1. The van der Waals surface area contributed by atoms with E-state index in [2.05, 4.69) is 31.9 Å². The minimum atomic E-state index is -5.97.